The molecule has 29 heavy (non-hydrogen) atoms. The second-order valence-corrected chi connectivity index (χ2v) is 7.57. The van der Waals surface area contributed by atoms with Crippen LogP contribution in [-0.2, 0) is 4.84 Å². The first kappa shape index (κ1) is 19.7. The minimum atomic E-state index is -0.467. The number of aliphatic hydroxyl groups excluding tert-OH is 1. The van der Waals surface area contributed by atoms with E-state index in [1.54, 1.807) is 18.5 Å². The predicted molar refractivity (Wildman–Crippen MR) is 110 cm³/mol. The Hall–Kier alpha value is -2.62. The summed E-state index contributed by atoms with van der Waals surface area (Å²) >= 11 is 1.45. The molecular formula is C20H21FN4O3S. The number of carbonyl (C=O) groups is 1. The number of nitrogens with one attached hydrogen (secondary N) is 2. The van der Waals surface area contributed by atoms with Gasteiger partial charge in [-0.2, -0.15) is 0 Å². The van der Waals surface area contributed by atoms with Gasteiger partial charge in [0.25, 0.3) is 5.91 Å². The fourth-order valence-electron chi connectivity index (χ4n) is 3.29. The molecule has 2 heterocycles. The maximum atomic E-state index is 14.6. The number of thioether (sulfide) groups is 1. The van der Waals surface area contributed by atoms with Crippen molar-refractivity contribution in [2.45, 2.75) is 23.8 Å². The van der Waals surface area contributed by atoms with Gasteiger partial charge >= 0.3 is 0 Å². The molecule has 1 fully saturated rings. The van der Waals surface area contributed by atoms with E-state index < -0.39 is 11.7 Å². The lowest BCUT2D eigenvalue weighted by Gasteiger charge is -2.13. The van der Waals surface area contributed by atoms with Crippen LogP contribution in [0.5, 0.6) is 0 Å². The van der Waals surface area contributed by atoms with Crippen LogP contribution in [0.2, 0.25) is 0 Å². The zero-order chi connectivity index (χ0) is 20.4. The van der Waals surface area contributed by atoms with Gasteiger partial charge in [-0.15, -0.1) is 11.8 Å². The lowest BCUT2D eigenvalue weighted by Crippen LogP contribution is -2.28. The Morgan fingerprint density at radius 1 is 1.41 bits per heavy atom. The Labute approximate surface area is 171 Å². The van der Waals surface area contributed by atoms with E-state index in [1.165, 1.54) is 17.8 Å². The van der Waals surface area contributed by atoms with Gasteiger partial charge in [0.15, 0.2) is 0 Å². The number of aliphatic hydroxyl groups is 1. The maximum Gasteiger partial charge on any atom is 0.293 e. The number of rotatable bonds is 8. The van der Waals surface area contributed by atoms with E-state index in [0.29, 0.717) is 11.4 Å². The Kier molecular flexibility index (Phi) is 5.70. The molecule has 0 bridgehead atoms. The van der Waals surface area contributed by atoms with Gasteiger partial charge in [0.1, 0.15) is 11.5 Å². The molecule has 0 spiro atoms. The molecule has 4 rings (SSSR count). The first-order valence-corrected chi connectivity index (χ1v) is 10.5. The van der Waals surface area contributed by atoms with Gasteiger partial charge < -0.3 is 15.0 Å². The molecule has 1 aromatic carbocycles. The van der Waals surface area contributed by atoms with Crippen LogP contribution in [0, 0.1) is 5.82 Å². The number of benzene rings is 1. The van der Waals surface area contributed by atoms with Crippen LogP contribution >= 0.6 is 11.8 Å². The Morgan fingerprint density at radius 3 is 2.93 bits per heavy atom. The van der Waals surface area contributed by atoms with Crippen LogP contribution in [0.1, 0.15) is 29.4 Å². The lowest BCUT2D eigenvalue weighted by molar-refractivity contribution is 0.0163. The van der Waals surface area contributed by atoms with Gasteiger partial charge in [0, 0.05) is 28.7 Å². The van der Waals surface area contributed by atoms with Crippen molar-refractivity contribution in [1.82, 2.24) is 15.0 Å². The van der Waals surface area contributed by atoms with E-state index in [0.717, 1.165) is 28.6 Å². The third-order valence-corrected chi connectivity index (χ3v) is 5.45. The highest BCUT2D eigenvalue weighted by Crippen LogP contribution is 2.44. The average Bonchev–Trinajstić information content (AvgIpc) is 3.52. The number of anilines is 2. The van der Waals surface area contributed by atoms with E-state index in [1.807, 2.05) is 23.0 Å². The van der Waals surface area contributed by atoms with Crippen LogP contribution in [0.15, 0.2) is 41.6 Å². The Balaban J connectivity index is 1.81. The quantitative estimate of drug-likeness (QED) is 0.295. The molecule has 3 aromatic rings. The second kappa shape index (κ2) is 8.40. The number of aromatic nitrogens is 2. The van der Waals surface area contributed by atoms with Crippen molar-refractivity contribution in [3.8, 4) is 0 Å². The summed E-state index contributed by atoms with van der Waals surface area (Å²) in [7, 11) is 0. The highest BCUT2D eigenvalue weighted by Gasteiger charge is 2.33. The average molecular weight is 416 g/mol. The number of amides is 1. The van der Waals surface area contributed by atoms with Gasteiger partial charge in [-0.25, -0.2) is 9.87 Å². The summed E-state index contributed by atoms with van der Waals surface area (Å²) in [5, 5.41) is 12.7. The first-order chi connectivity index (χ1) is 14.1. The number of halogens is 1. The van der Waals surface area contributed by atoms with Crippen LogP contribution in [0.3, 0.4) is 0 Å². The van der Waals surface area contributed by atoms with E-state index in [2.05, 4.69) is 15.8 Å². The topological polar surface area (TPSA) is 88.4 Å². The lowest BCUT2D eigenvalue weighted by atomic mass is 10.2. The van der Waals surface area contributed by atoms with Crippen molar-refractivity contribution in [3.63, 3.8) is 0 Å². The molecule has 1 aliphatic rings. The third-order valence-electron chi connectivity index (χ3n) is 4.73. The van der Waals surface area contributed by atoms with Crippen molar-refractivity contribution in [1.29, 1.82) is 0 Å². The molecule has 152 valence electrons. The normalized spacial score (nSPS) is 13.6. The summed E-state index contributed by atoms with van der Waals surface area (Å²) in [5.74, 6) is -0.874. The number of nitrogens with zero attached hydrogens (tertiary/aromatic N) is 2. The zero-order valence-corrected chi connectivity index (χ0v) is 16.6. The van der Waals surface area contributed by atoms with Crippen molar-refractivity contribution < 1.29 is 19.1 Å². The number of pyridine rings is 1. The molecule has 1 aliphatic carbocycles. The summed E-state index contributed by atoms with van der Waals surface area (Å²) in [6.07, 6.45) is 7.13. The van der Waals surface area contributed by atoms with E-state index in [-0.39, 0.29) is 24.9 Å². The Bertz CT molecular complexity index is 1050. The maximum absolute atomic E-state index is 14.6. The fourth-order valence-corrected chi connectivity index (χ4v) is 3.71. The van der Waals surface area contributed by atoms with Crippen molar-refractivity contribution in [2.75, 3.05) is 24.8 Å². The second-order valence-electron chi connectivity index (χ2n) is 6.69. The highest BCUT2D eigenvalue weighted by molar-refractivity contribution is 7.98. The summed E-state index contributed by atoms with van der Waals surface area (Å²) < 4.78 is 16.6. The molecule has 0 unspecified atom stereocenters. The molecule has 3 N–H and O–H groups in total. The van der Waals surface area contributed by atoms with Gasteiger partial charge in [-0.05, 0) is 43.4 Å². The van der Waals surface area contributed by atoms with Crippen molar-refractivity contribution in [3.05, 3.63) is 48.2 Å². The molecule has 0 saturated heterocycles. The first-order valence-electron chi connectivity index (χ1n) is 9.25. The SMILES string of the molecule is CSc1ccc(Nc2c(C(=O)NOCCO)n(C3CC3)c3ccncc23)c(F)c1. The van der Waals surface area contributed by atoms with Crippen LogP contribution < -0.4 is 10.8 Å². The van der Waals surface area contributed by atoms with Crippen LogP contribution in [-0.4, -0.2) is 40.0 Å². The number of hydrogen-bond acceptors (Lipinski definition) is 6. The summed E-state index contributed by atoms with van der Waals surface area (Å²) in [5.41, 5.74) is 4.30. The van der Waals surface area contributed by atoms with Gasteiger partial charge in [0.2, 0.25) is 0 Å². The largest absolute Gasteiger partial charge is 0.394 e. The zero-order valence-electron chi connectivity index (χ0n) is 15.8. The molecule has 0 aliphatic heterocycles. The van der Waals surface area contributed by atoms with Gasteiger partial charge in [-0.1, -0.05) is 0 Å². The fraction of sp³-hybridized carbons (Fsp3) is 0.300. The highest BCUT2D eigenvalue weighted by atomic mass is 32.2. The van der Waals surface area contributed by atoms with Crippen LogP contribution in [0.25, 0.3) is 10.9 Å². The molecule has 0 atom stereocenters. The number of carbonyl (C=O) groups excluding carboxylic acids is 1. The van der Waals surface area contributed by atoms with E-state index in [4.69, 9.17) is 9.94 Å². The van der Waals surface area contributed by atoms with E-state index in [9.17, 15) is 9.18 Å². The summed E-state index contributed by atoms with van der Waals surface area (Å²) in [6.45, 7) is -0.238. The predicted octanol–water partition coefficient (Wildman–Crippen LogP) is 3.63. The van der Waals surface area contributed by atoms with Crippen LogP contribution in [0.4, 0.5) is 15.8 Å². The monoisotopic (exact) mass is 416 g/mol. The number of hydroxylamine groups is 1. The van der Waals surface area contributed by atoms with Crippen molar-refractivity contribution >= 4 is 39.9 Å². The molecule has 2 aromatic heterocycles. The molecule has 9 heteroatoms. The van der Waals surface area contributed by atoms with Gasteiger partial charge in [-0.3, -0.25) is 14.6 Å². The van der Waals surface area contributed by atoms with Gasteiger partial charge in [0.05, 0.1) is 30.1 Å². The van der Waals surface area contributed by atoms with Crippen molar-refractivity contribution in [2.24, 2.45) is 0 Å². The molecular weight excluding hydrogens is 395 g/mol. The number of hydrogen-bond donors (Lipinski definition) is 3. The summed E-state index contributed by atoms with van der Waals surface area (Å²) in [4.78, 5) is 23.0. The minimum Gasteiger partial charge on any atom is -0.394 e. The third kappa shape index (κ3) is 3.93. The molecule has 0 radical (unpaired) electrons. The van der Waals surface area contributed by atoms with E-state index >= 15 is 0 Å². The number of fused-ring (bicyclic) bond motifs is 1. The molecule has 1 saturated carbocycles. The molecule has 1 amide bonds. The standard InChI is InChI=1S/C20H21FN4O3S/c1-29-13-4-5-16(15(21)10-13)23-18-14-11-22-7-6-17(14)25(12-2-3-12)19(18)20(27)24-28-9-8-26/h4-7,10-12,23,26H,2-3,8-9H2,1H3,(H,24,27). The molecule has 7 nitrogen and oxygen atoms in total. The smallest absolute Gasteiger partial charge is 0.293 e. The minimum absolute atomic E-state index is 0.0233. The summed E-state index contributed by atoms with van der Waals surface area (Å²) in [6, 6.07) is 6.96. The Morgan fingerprint density at radius 2 is 2.24 bits per heavy atom.